The van der Waals surface area contributed by atoms with Gasteiger partial charge >= 0.3 is 0 Å². The molecule has 0 heterocycles. The lowest BCUT2D eigenvalue weighted by molar-refractivity contribution is 0.0967. The number of aliphatic hydroxyl groups is 2. The van der Waals surface area contributed by atoms with E-state index in [2.05, 4.69) is 0 Å². The fraction of sp³-hybridized carbons (Fsp3) is 1.00. The maximum atomic E-state index is 9.43. The lowest BCUT2D eigenvalue weighted by atomic mass is 9.77. The Morgan fingerprint density at radius 1 is 0.929 bits per heavy atom. The predicted octanol–water partition coefficient (Wildman–Crippen LogP) is 1.27. The van der Waals surface area contributed by atoms with Crippen LogP contribution in [0.15, 0.2) is 0 Å². The average Bonchev–Trinajstić information content (AvgIpc) is 2.87. The van der Waals surface area contributed by atoms with Crippen molar-refractivity contribution in [1.29, 1.82) is 0 Å². The number of rotatable bonds is 2. The quantitative estimate of drug-likeness (QED) is 0.698. The molecule has 0 radical (unpaired) electrons. The summed E-state index contributed by atoms with van der Waals surface area (Å²) in [6.45, 7) is 0.591. The molecule has 2 nitrogen and oxygen atoms in total. The minimum absolute atomic E-state index is 0.289. The topological polar surface area (TPSA) is 40.5 Å². The number of hydrogen-bond acceptors (Lipinski definition) is 2. The molecule has 3 aliphatic rings. The third-order valence-corrected chi connectivity index (χ3v) is 5.28. The van der Waals surface area contributed by atoms with Gasteiger partial charge in [0.05, 0.1) is 0 Å². The fourth-order valence-electron chi connectivity index (χ4n) is 4.79. The molecule has 0 aromatic rings. The summed E-state index contributed by atoms with van der Waals surface area (Å²) in [6.07, 6.45) is 5.42. The van der Waals surface area contributed by atoms with E-state index in [9.17, 15) is 10.2 Å². The Kier molecular flexibility index (Phi) is 2.10. The zero-order chi connectivity index (χ0) is 9.71. The molecule has 14 heavy (non-hydrogen) atoms. The Labute approximate surface area is 85.3 Å². The Morgan fingerprint density at radius 3 is 2.43 bits per heavy atom. The van der Waals surface area contributed by atoms with Crippen LogP contribution in [-0.2, 0) is 0 Å². The largest absolute Gasteiger partial charge is 0.396 e. The van der Waals surface area contributed by atoms with Crippen molar-refractivity contribution < 1.29 is 10.2 Å². The van der Waals surface area contributed by atoms with E-state index in [-0.39, 0.29) is 6.61 Å². The fourth-order valence-corrected chi connectivity index (χ4v) is 4.79. The van der Waals surface area contributed by atoms with E-state index in [1.54, 1.807) is 0 Å². The molecule has 2 heteroatoms. The molecule has 3 rings (SSSR count). The van der Waals surface area contributed by atoms with Crippen LogP contribution in [0.25, 0.3) is 0 Å². The molecule has 3 aliphatic carbocycles. The van der Waals surface area contributed by atoms with E-state index in [1.165, 1.54) is 25.7 Å². The zero-order valence-corrected chi connectivity index (χ0v) is 8.60. The lowest BCUT2D eigenvalue weighted by Crippen LogP contribution is -2.27. The number of hydrogen-bond donors (Lipinski definition) is 2. The van der Waals surface area contributed by atoms with Gasteiger partial charge in [-0.3, -0.25) is 0 Å². The first-order valence-electron chi connectivity index (χ1n) is 6.07. The summed E-state index contributed by atoms with van der Waals surface area (Å²) in [6, 6.07) is 0. The first-order chi connectivity index (χ1) is 6.85. The summed E-state index contributed by atoms with van der Waals surface area (Å²) < 4.78 is 0. The maximum absolute atomic E-state index is 9.43. The lowest BCUT2D eigenvalue weighted by Gasteiger charge is -2.28. The van der Waals surface area contributed by atoms with Crippen molar-refractivity contribution in [3.05, 3.63) is 0 Å². The van der Waals surface area contributed by atoms with Crippen molar-refractivity contribution in [3.8, 4) is 0 Å². The van der Waals surface area contributed by atoms with Crippen LogP contribution in [0.3, 0.4) is 0 Å². The monoisotopic (exact) mass is 196 g/mol. The summed E-state index contributed by atoms with van der Waals surface area (Å²) in [7, 11) is 0. The number of fused-ring (bicyclic) bond motifs is 5. The Morgan fingerprint density at radius 2 is 1.71 bits per heavy atom. The van der Waals surface area contributed by atoms with Gasteiger partial charge < -0.3 is 10.2 Å². The molecule has 0 amide bonds. The summed E-state index contributed by atoms with van der Waals surface area (Å²) in [5, 5.41) is 18.7. The van der Waals surface area contributed by atoms with Gasteiger partial charge in [0.15, 0.2) is 0 Å². The predicted molar refractivity (Wildman–Crippen MR) is 53.6 cm³/mol. The van der Waals surface area contributed by atoms with E-state index in [4.69, 9.17) is 0 Å². The smallest absolute Gasteiger partial charge is 0.0465 e. The molecule has 0 unspecified atom stereocenters. The van der Waals surface area contributed by atoms with E-state index < -0.39 is 0 Å². The van der Waals surface area contributed by atoms with Crippen molar-refractivity contribution in [2.24, 2.45) is 35.5 Å². The minimum atomic E-state index is 0.289. The van der Waals surface area contributed by atoms with Crippen molar-refractivity contribution in [3.63, 3.8) is 0 Å². The van der Waals surface area contributed by atoms with Crippen LogP contribution in [-0.4, -0.2) is 23.4 Å². The highest BCUT2D eigenvalue weighted by atomic mass is 16.3. The minimum Gasteiger partial charge on any atom is -0.396 e. The van der Waals surface area contributed by atoms with Crippen molar-refractivity contribution >= 4 is 0 Å². The van der Waals surface area contributed by atoms with Crippen LogP contribution < -0.4 is 0 Å². The van der Waals surface area contributed by atoms with Crippen molar-refractivity contribution in [2.45, 2.75) is 25.7 Å². The SMILES string of the molecule is OC[C@@H]1C[C@@H]2[C@H]3CC[C@@H](C3)[C@H]2[C@H]1CO. The molecule has 0 spiro atoms. The molecule has 0 aromatic heterocycles. The van der Waals surface area contributed by atoms with Crippen LogP contribution >= 0.6 is 0 Å². The van der Waals surface area contributed by atoms with Crippen molar-refractivity contribution in [1.82, 2.24) is 0 Å². The van der Waals surface area contributed by atoms with Crippen LogP contribution in [0, 0.1) is 35.5 Å². The first kappa shape index (κ1) is 9.17. The highest BCUT2D eigenvalue weighted by Crippen LogP contribution is 2.61. The third-order valence-electron chi connectivity index (χ3n) is 5.28. The van der Waals surface area contributed by atoms with Gasteiger partial charge in [-0.25, -0.2) is 0 Å². The molecule has 0 saturated heterocycles. The third kappa shape index (κ3) is 1.04. The Bertz CT molecular complexity index is 228. The second-order valence-corrected chi connectivity index (χ2v) is 5.60. The summed E-state index contributed by atoms with van der Waals surface area (Å²) in [4.78, 5) is 0. The number of aliphatic hydroxyl groups excluding tert-OH is 2. The Balaban J connectivity index is 1.84. The highest BCUT2D eigenvalue weighted by Gasteiger charge is 2.55. The van der Waals surface area contributed by atoms with Crippen LogP contribution in [0.1, 0.15) is 25.7 Å². The molecule has 2 bridgehead atoms. The van der Waals surface area contributed by atoms with E-state index in [0.717, 1.165) is 23.7 Å². The van der Waals surface area contributed by atoms with E-state index >= 15 is 0 Å². The van der Waals surface area contributed by atoms with Gasteiger partial charge in [-0.1, -0.05) is 0 Å². The van der Waals surface area contributed by atoms with Crippen molar-refractivity contribution in [2.75, 3.05) is 13.2 Å². The molecule has 0 aliphatic heterocycles. The highest BCUT2D eigenvalue weighted by molar-refractivity contribution is 5.04. The molecule has 3 fully saturated rings. The second kappa shape index (κ2) is 3.21. The van der Waals surface area contributed by atoms with E-state index in [0.29, 0.717) is 18.4 Å². The van der Waals surface area contributed by atoms with Crippen LogP contribution in [0.5, 0.6) is 0 Å². The van der Waals surface area contributed by atoms with Crippen LogP contribution in [0.4, 0.5) is 0 Å². The van der Waals surface area contributed by atoms with Crippen LogP contribution in [0.2, 0.25) is 0 Å². The van der Waals surface area contributed by atoms with Gasteiger partial charge in [-0.2, -0.15) is 0 Å². The molecule has 80 valence electrons. The normalized spacial score (nSPS) is 55.3. The molecule has 2 N–H and O–H groups in total. The van der Waals surface area contributed by atoms with Gasteiger partial charge in [-0.15, -0.1) is 0 Å². The zero-order valence-electron chi connectivity index (χ0n) is 8.60. The average molecular weight is 196 g/mol. The summed E-state index contributed by atoms with van der Waals surface area (Å²) in [5.74, 6) is 4.26. The molecular weight excluding hydrogens is 176 g/mol. The molecular formula is C12H20O2. The van der Waals surface area contributed by atoms with E-state index in [1.807, 2.05) is 0 Å². The Hall–Kier alpha value is -0.0800. The van der Waals surface area contributed by atoms with Gasteiger partial charge in [-0.05, 0) is 61.2 Å². The maximum Gasteiger partial charge on any atom is 0.0465 e. The summed E-state index contributed by atoms with van der Waals surface area (Å²) in [5.41, 5.74) is 0. The standard InChI is InChI=1S/C12H20O2/c13-5-9-4-10-7-1-2-8(3-7)12(10)11(9)6-14/h7-14H,1-6H2/t7-,8-,9-,10+,11-,12+/m0/s1. The van der Waals surface area contributed by atoms with Gasteiger partial charge in [0.25, 0.3) is 0 Å². The second-order valence-electron chi connectivity index (χ2n) is 5.60. The van der Waals surface area contributed by atoms with Gasteiger partial charge in [0, 0.05) is 13.2 Å². The molecule has 0 aromatic carbocycles. The first-order valence-corrected chi connectivity index (χ1v) is 6.07. The van der Waals surface area contributed by atoms with Gasteiger partial charge in [0.1, 0.15) is 0 Å². The molecule has 3 saturated carbocycles. The molecule has 6 atom stereocenters. The van der Waals surface area contributed by atoms with Gasteiger partial charge in [0.2, 0.25) is 0 Å². The summed E-state index contributed by atoms with van der Waals surface area (Å²) >= 11 is 0.